The first-order valence-corrected chi connectivity index (χ1v) is 6.58. The molecule has 1 unspecified atom stereocenters. The smallest absolute Gasteiger partial charge is 0.0660 e. The van der Waals surface area contributed by atoms with E-state index in [1.807, 2.05) is 31.5 Å². The Bertz CT molecular complexity index is 331. The fourth-order valence-corrected chi connectivity index (χ4v) is 1.99. The fraction of sp³-hybridized carbons (Fsp3) is 0.643. The van der Waals surface area contributed by atoms with Gasteiger partial charge in [-0.25, -0.2) is 0 Å². The van der Waals surface area contributed by atoms with Gasteiger partial charge in [0.2, 0.25) is 0 Å². The number of pyridine rings is 1. The van der Waals surface area contributed by atoms with Crippen LogP contribution < -0.4 is 5.73 Å². The molecule has 0 amide bonds. The van der Waals surface area contributed by atoms with Gasteiger partial charge in [0.1, 0.15) is 0 Å². The predicted octanol–water partition coefficient (Wildman–Crippen LogP) is 1.66. The molecule has 0 saturated heterocycles. The minimum atomic E-state index is -0.117. The van der Waals surface area contributed by atoms with Crippen LogP contribution in [0.1, 0.15) is 26.3 Å². The van der Waals surface area contributed by atoms with E-state index in [-0.39, 0.29) is 5.54 Å². The van der Waals surface area contributed by atoms with Crippen molar-refractivity contribution in [2.24, 2.45) is 5.73 Å². The van der Waals surface area contributed by atoms with Crippen LogP contribution in [0.2, 0.25) is 0 Å². The number of likely N-dealkylation sites (N-methyl/N-ethyl adjacent to an activating group) is 1. The van der Waals surface area contributed by atoms with E-state index in [0.717, 1.165) is 19.7 Å². The highest BCUT2D eigenvalue weighted by Gasteiger charge is 2.29. The lowest BCUT2D eigenvalue weighted by atomic mass is 10.00. The number of ether oxygens (including phenoxy) is 1. The molecule has 1 atom stereocenters. The van der Waals surface area contributed by atoms with E-state index >= 15 is 0 Å². The van der Waals surface area contributed by atoms with Crippen molar-refractivity contribution in [2.75, 3.05) is 26.3 Å². The molecule has 4 heteroatoms. The Morgan fingerprint density at radius 2 is 2.00 bits per heavy atom. The molecule has 1 heterocycles. The molecule has 0 bridgehead atoms. The Kier molecular flexibility index (Phi) is 6.25. The fourth-order valence-electron chi connectivity index (χ4n) is 1.99. The summed E-state index contributed by atoms with van der Waals surface area (Å²) in [5, 5.41) is 0. The zero-order valence-corrected chi connectivity index (χ0v) is 11.7. The second kappa shape index (κ2) is 7.46. The molecule has 0 saturated carbocycles. The molecule has 0 aromatic carbocycles. The highest BCUT2D eigenvalue weighted by Crippen LogP contribution is 2.17. The molecule has 0 aliphatic heterocycles. The summed E-state index contributed by atoms with van der Waals surface area (Å²) in [6.07, 6.45) is 3.65. The Morgan fingerprint density at radius 1 is 1.33 bits per heavy atom. The van der Waals surface area contributed by atoms with Gasteiger partial charge in [0.25, 0.3) is 0 Å². The standard InChI is InChI=1S/C14H25N3O/c1-4-17(10-13-6-8-16-9-7-13)14(3,11-15)12-18-5-2/h6-9H,4-5,10-12,15H2,1-3H3. The number of hydrogen-bond donors (Lipinski definition) is 1. The third-order valence-corrected chi connectivity index (χ3v) is 3.32. The molecular weight excluding hydrogens is 226 g/mol. The van der Waals surface area contributed by atoms with Gasteiger partial charge in [-0.05, 0) is 38.1 Å². The summed E-state index contributed by atoms with van der Waals surface area (Å²) < 4.78 is 5.58. The van der Waals surface area contributed by atoms with E-state index in [1.165, 1.54) is 5.56 Å². The van der Waals surface area contributed by atoms with Crippen molar-refractivity contribution < 1.29 is 4.74 Å². The molecule has 1 aromatic rings. The molecule has 4 nitrogen and oxygen atoms in total. The van der Waals surface area contributed by atoms with E-state index in [2.05, 4.69) is 23.7 Å². The highest BCUT2D eigenvalue weighted by atomic mass is 16.5. The predicted molar refractivity (Wildman–Crippen MR) is 74.3 cm³/mol. The second-order valence-corrected chi connectivity index (χ2v) is 4.71. The summed E-state index contributed by atoms with van der Waals surface area (Å²) in [5.74, 6) is 0. The van der Waals surface area contributed by atoms with Crippen LogP contribution in [-0.2, 0) is 11.3 Å². The largest absolute Gasteiger partial charge is 0.380 e. The van der Waals surface area contributed by atoms with Crippen molar-refractivity contribution >= 4 is 0 Å². The molecule has 1 aromatic heterocycles. The van der Waals surface area contributed by atoms with Gasteiger partial charge in [0.15, 0.2) is 0 Å². The van der Waals surface area contributed by atoms with Gasteiger partial charge in [-0.1, -0.05) is 6.92 Å². The lowest BCUT2D eigenvalue weighted by Gasteiger charge is -2.39. The summed E-state index contributed by atoms with van der Waals surface area (Å²) in [4.78, 5) is 6.40. The third kappa shape index (κ3) is 4.05. The Hall–Kier alpha value is -0.970. The normalized spacial score (nSPS) is 14.7. The Morgan fingerprint density at radius 3 is 2.50 bits per heavy atom. The van der Waals surface area contributed by atoms with Gasteiger partial charge >= 0.3 is 0 Å². The average molecular weight is 251 g/mol. The second-order valence-electron chi connectivity index (χ2n) is 4.71. The first kappa shape index (κ1) is 15.1. The van der Waals surface area contributed by atoms with Crippen molar-refractivity contribution in [3.8, 4) is 0 Å². The van der Waals surface area contributed by atoms with Gasteiger partial charge in [-0.3, -0.25) is 9.88 Å². The molecule has 1 rings (SSSR count). The van der Waals surface area contributed by atoms with E-state index < -0.39 is 0 Å². The first-order chi connectivity index (χ1) is 8.66. The van der Waals surface area contributed by atoms with Gasteiger partial charge in [0, 0.05) is 32.1 Å². The van der Waals surface area contributed by atoms with Crippen LogP contribution in [0.25, 0.3) is 0 Å². The summed E-state index contributed by atoms with van der Waals surface area (Å²) in [6, 6.07) is 4.08. The van der Waals surface area contributed by atoms with Gasteiger partial charge in [-0.15, -0.1) is 0 Å². The summed E-state index contributed by atoms with van der Waals surface area (Å²) >= 11 is 0. The summed E-state index contributed by atoms with van der Waals surface area (Å²) in [7, 11) is 0. The van der Waals surface area contributed by atoms with Crippen molar-refractivity contribution in [1.29, 1.82) is 0 Å². The first-order valence-electron chi connectivity index (χ1n) is 6.58. The van der Waals surface area contributed by atoms with Crippen molar-refractivity contribution in [1.82, 2.24) is 9.88 Å². The van der Waals surface area contributed by atoms with Crippen LogP contribution in [0, 0.1) is 0 Å². The maximum atomic E-state index is 5.94. The highest BCUT2D eigenvalue weighted by molar-refractivity contribution is 5.10. The topological polar surface area (TPSA) is 51.4 Å². The minimum Gasteiger partial charge on any atom is -0.380 e. The van der Waals surface area contributed by atoms with E-state index in [4.69, 9.17) is 10.5 Å². The van der Waals surface area contributed by atoms with Crippen LogP contribution in [0.5, 0.6) is 0 Å². The maximum Gasteiger partial charge on any atom is 0.0660 e. The molecule has 0 spiro atoms. The molecular formula is C14H25N3O. The number of hydrogen-bond acceptors (Lipinski definition) is 4. The van der Waals surface area contributed by atoms with Crippen LogP contribution in [0.15, 0.2) is 24.5 Å². The minimum absolute atomic E-state index is 0.117. The lowest BCUT2D eigenvalue weighted by molar-refractivity contribution is 0.00835. The van der Waals surface area contributed by atoms with E-state index in [0.29, 0.717) is 13.2 Å². The van der Waals surface area contributed by atoms with Gasteiger partial charge < -0.3 is 10.5 Å². The summed E-state index contributed by atoms with van der Waals surface area (Å²) in [5.41, 5.74) is 7.08. The number of nitrogens with zero attached hydrogens (tertiary/aromatic N) is 2. The van der Waals surface area contributed by atoms with Crippen LogP contribution in [-0.4, -0.2) is 41.7 Å². The number of rotatable bonds is 8. The van der Waals surface area contributed by atoms with Crippen molar-refractivity contribution in [3.05, 3.63) is 30.1 Å². The van der Waals surface area contributed by atoms with Gasteiger partial charge in [-0.2, -0.15) is 0 Å². The van der Waals surface area contributed by atoms with Crippen molar-refractivity contribution in [2.45, 2.75) is 32.9 Å². The molecule has 0 aliphatic rings. The molecule has 18 heavy (non-hydrogen) atoms. The average Bonchev–Trinajstić information content (AvgIpc) is 2.43. The summed E-state index contributed by atoms with van der Waals surface area (Å²) in [6.45, 7) is 10.1. The molecule has 0 aliphatic carbocycles. The maximum absolute atomic E-state index is 5.94. The van der Waals surface area contributed by atoms with Crippen LogP contribution in [0.4, 0.5) is 0 Å². The third-order valence-electron chi connectivity index (χ3n) is 3.32. The number of nitrogens with two attached hydrogens (primary N) is 1. The number of aromatic nitrogens is 1. The Balaban J connectivity index is 2.73. The Labute approximate surface area is 110 Å². The van der Waals surface area contributed by atoms with Crippen LogP contribution >= 0.6 is 0 Å². The van der Waals surface area contributed by atoms with E-state index in [1.54, 1.807) is 0 Å². The van der Waals surface area contributed by atoms with Crippen LogP contribution in [0.3, 0.4) is 0 Å². The lowest BCUT2D eigenvalue weighted by Crippen LogP contribution is -2.54. The quantitative estimate of drug-likeness (QED) is 0.763. The zero-order chi connectivity index (χ0) is 13.4. The van der Waals surface area contributed by atoms with E-state index in [9.17, 15) is 0 Å². The molecule has 2 N–H and O–H groups in total. The zero-order valence-electron chi connectivity index (χ0n) is 11.7. The SMILES string of the molecule is CCOCC(C)(CN)N(CC)Cc1ccncc1. The van der Waals surface area contributed by atoms with Gasteiger partial charge in [0.05, 0.1) is 12.1 Å². The molecule has 0 fully saturated rings. The molecule has 102 valence electrons. The van der Waals surface area contributed by atoms with Crippen molar-refractivity contribution in [3.63, 3.8) is 0 Å². The molecule has 0 radical (unpaired) electrons. The monoisotopic (exact) mass is 251 g/mol.